The zero-order valence-electron chi connectivity index (χ0n) is 38.4. The third kappa shape index (κ3) is 6.69. The van der Waals surface area contributed by atoms with Crippen LogP contribution in [0.3, 0.4) is 0 Å². The van der Waals surface area contributed by atoms with Gasteiger partial charge < -0.3 is 4.90 Å². The minimum Gasteiger partial charge on any atom is -0.310 e. The summed E-state index contributed by atoms with van der Waals surface area (Å²) in [5.74, 6) is 0. The highest BCUT2D eigenvalue weighted by molar-refractivity contribution is 6.13. The summed E-state index contributed by atoms with van der Waals surface area (Å²) in [6.45, 7) is 2.39. The molecule has 1 heteroatoms. The monoisotopic (exact) mass is 877 g/mol. The topological polar surface area (TPSA) is 3.24 Å². The highest BCUT2D eigenvalue weighted by Crippen LogP contribution is 2.53. The number of para-hydroxylation sites is 1. The van der Waals surface area contributed by atoms with Crippen LogP contribution in [0.1, 0.15) is 23.6 Å². The molecule has 1 nitrogen and oxygen atoms in total. The summed E-state index contributed by atoms with van der Waals surface area (Å²) in [5.41, 5.74) is 19.2. The summed E-state index contributed by atoms with van der Waals surface area (Å²) in [4.78, 5) is 2.46. The maximum Gasteiger partial charge on any atom is 0.0540 e. The second-order valence-corrected chi connectivity index (χ2v) is 18.5. The number of anilines is 3. The van der Waals surface area contributed by atoms with Crippen molar-refractivity contribution in [2.45, 2.75) is 12.3 Å². The Kier molecular flexibility index (Phi) is 9.70. The Morgan fingerprint density at radius 1 is 0.290 bits per heavy atom. The zero-order valence-corrected chi connectivity index (χ0v) is 38.4. The van der Waals surface area contributed by atoms with Gasteiger partial charge in [-0.3, -0.25) is 0 Å². The van der Waals surface area contributed by atoms with E-state index in [2.05, 4.69) is 279 Å². The van der Waals surface area contributed by atoms with Crippen LogP contribution >= 0.6 is 0 Å². The minimum absolute atomic E-state index is 0.270. The van der Waals surface area contributed by atoms with E-state index in [1.807, 2.05) is 0 Å². The molecule has 12 aromatic rings. The van der Waals surface area contributed by atoms with Crippen molar-refractivity contribution in [2.75, 3.05) is 4.90 Å². The van der Waals surface area contributed by atoms with E-state index in [-0.39, 0.29) is 5.41 Å². The number of fused-ring (bicyclic) bond motifs is 7. The largest absolute Gasteiger partial charge is 0.310 e. The minimum atomic E-state index is -0.270. The zero-order chi connectivity index (χ0) is 45.9. The predicted octanol–water partition coefficient (Wildman–Crippen LogP) is 18.6. The maximum absolute atomic E-state index is 2.46. The van der Waals surface area contributed by atoms with Gasteiger partial charge in [-0.2, -0.15) is 0 Å². The fourth-order valence-corrected chi connectivity index (χ4v) is 11.4. The molecule has 69 heavy (non-hydrogen) atoms. The average molecular weight is 878 g/mol. The molecule has 0 radical (unpaired) electrons. The first-order valence-corrected chi connectivity index (χ1v) is 24.0. The number of rotatable bonds is 8. The van der Waals surface area contributed by atoms with E-state index in [1.165, 1.54) is 99.1 Å². The van der Waals surface area contributed by atoms with Gasteiger partial charge in [0.2, 0.25) is 0 Å². The second-order valence-electron chi connectivity index (χ2n) is 18.5. The number of benzene rings is 12. The van der Waals surface area contributed by atoms with Crippen molar-refractivity contribution in [2.24, 2.45) is 0 Å². The fraction of sp³-hybridized carbons (Fsp3) is 0.0294. The molecule has 0 saturated carbocycles. The Morgan fingerprint density at radius 2 is 0.884 bits per heavy atom. The van der Waals surface area contributed by atoms with Crippen LogP contribution in [0.2, 0.25) is 0 Å². The summed E-state index contributed by atoms with van der Waals surface area (Å²) < 4.78 is 0. The standard InChI is InChI=1S/C68H47N/c1-68(52-24-6-3-7-25-52)64-34-12-10-28-60(64)61-43-39-50(45-65(61)68)46-36-40-53(41-37-46)69(54-26-14-23-51(44-54)56-30-17-32-58-55-27-9-8-20-48(55)38-42-59(56)58)66-35-13-11-29-62(66)63-33-16-22-49-21-15-31-57(67(49)63)47-18-4-2-5-19-47/h2-45H,1H3. The van der Waals surface area contributed by atoms with Crippen molar-refractivity contribution < 1.29 is 0 Å². The van der Waals surface area contributed by atoms with Gasteiger partial charge >= 0.3 is 0 Å². The number of hydrogen-bond donors (Lipinski definition) is 0. The van der Waals surface area contributed by atoms with Crippen LogP contribution in [0.5, 0.6) is 0 Å². The van der Waals surface area contributed by atoms with Crippen molar-refractivity contribution in [1.82, 2.24) is 0 Å². The molecule has 1 aliphatic carbocycles. The third-order valence-corrected chi connectivity index (χ3v) is 14.8. The molecular weight excluding hydrogens is 831 g/mol. The maximum atomic E-state index is 2.46. The summed E-state index contributed by atoms with van der Waals surface area (Å²) >= 11 is 0. The normalized spacial score (nSPS) is 13.9. The first kappa shape index (κ1) is 40.5. The van der Waals surface area contributed by atoms with Crippen molar-refractivity contribution in [1.29, 1.82) is 0 Å². The molecule has 1 aliphatic rings. The fourth-order valence-electron chi connectivity index (χ4n) is 11.4. The van der Waals surface area contributed by atoms with E-state index < -0.39 is 0 Å². The lowest BCUT2D eigenvalue weighted by Crippen LogP contribution is -2.22. The molecule has 0 saturated heterocycles. The first-order chi connectivity index (χ1) is 34.1. The smallest absolute Gasteiger partial charge is 0.0540 e. The van der Waals surface area contributed by atoms with Crippen molar-refractivity contribution in [3.8, 4) is 55.6 Å². The van der Waals surface area contributed by atoms with Crippen LogP contribution in [0.15, 0.2) is 267 Å². The molecular formula is C68H47N. The molecule has 324 valence electrons. The molecule has 0 N–H and O–H groups in total. The second kappa shape index (κ2) is 16.5. The summed E-state index contributed by atoms with van der Waals surface area (Å²) in [7, 11) is 0. The molecule has 0 fully saturated rings. The molecule has 1 atom stereocenters. The van der Waals surface area contributed by atoms with Gasteiger partial charge in [0.05, 0.1) is 5.69 Å². The number of nitrogens with zero attached hydrogens (tertiary/aromatic N) is 1. The Morgan fingerprint density at radius 3 is 1.72 bits per heavy atom. The average Bonchev–Trinajstić information content (AvgIpc) is 3.69. The van der Waals surface area contributed by atoms with Crippen LogP contribution in [0, 0.1) is 0 Å². The van der Waals surface area contributed by atoms with E-state index in [0.717, 1.165) is 22.6 Å². The Balaban J connectivity index is 0.980. The lowest BCUT2D eigenvalue weighted by molar-refractivity contribution is 0.714. The molecule has 0 amide bonds. The van der Waals surface area contributed by atoms with Crippen LogP contribution in [0.25, 0.3) is 88.0 Å². The van der Waals surface area contributed by atoms with Gasteiger partial charge in [-0.15, -0.1) is 0 Å². The quantitative estimate of drug-likeness (QED) is 0.138. The Bertz CT molecular complexity index is 3900. The van der Waals surface area contributed by atoms with Gasteiger partial charge in [0.15, 0.2) is 0 Å². The summed E-state index contributed by atoms with van der Waals surface area (Å²) in [5, 5.41) is 7.48. The van der Waals surface area contributed by atoms with Crippen molar-refractivity contribution >= 4 is 49.4 Å². The highest BCUT2D eigenvalue weighted by Gasteiger charge is 2.40. The SMILES string of the molecule is CC1(c2ccccc2)c2ccccc2-c2ccc(-c3ccc(N(c4cccc(-c5cccc6c5ccc5ccccc56)c4)c4ccccc4-c4cccc5cccc(-c6ccccc6)c45)cc3)cc21. The van der Waals surface area contributed by atoms with E-state index in [0.29, 0.717) is 0 Å². The Labute approximate surface area is 403 Å². The third-order valence-electron chi connectivity index (χ3n) is 14.8. The van der Waals surface area contributed by atoms with Gasteiger partial charge in [-0.05, 0) is 142 Å². The van der Waals surface area contributed by atoms with Gasteiger partial charge in [0.1, 0.15) is 0 Å². The van der Waals surface area contributed by atoms with Gasteiger partial charge in [-0.1, -0.05) is 231 Å². The molecule has 13 rings (SSSR count). The molecule has 0 aliphatic heterocycles. The van der Waals surface area contributed by atoms with Crippen molar-refractivity contribution in [3.05, 3.63) is 284 Å². The molecule has 12 aromatic carbocycles. The molecule has 0 aromatic heterocycles. The molecule has 1 unspecified atom stereocenters. The van der Waals surface area contributed by atoms with Crippen molar-refractivity contribution in [3.63, 3.8) is 0 Å². The number of hydrogen-bond acceptors (Lipinski definition) is 1. The van der Waals surface area contributed by atoms with Crippen LogP contribution in [0.4, 0.5) is 17.1 Å². The summed E-state index contributed by atoms with van der Waals surface area (Å²) in [6, 6.07) is 98.4. The van der Waals surface area contributed by atoms with E-state index in [9.17, 15) is 0 Å². The molecule has 0 spiro atoms. The Hall–Kier alpha value is -8.78. The lowest BCUT2D eigenvalue weighted by atomic mass is 9.74. The predicted molar refractivity (Wildman–Crippen MR) is 293 cm³/mol. The molecule has 0 heterocycles. The van der Waals surface area contributed by atoms with Crippen LogP contribution in [-0.2, 0) is 5.41 Å². The van der Waals surface area contributed by atoms with E-state index in [1.54, 1.807) is 0 Å². The summed E-state index contributed by atoms with van der Waals surface area (Å²) in [6.07, 6.45) is 0. The van der Waals surface area contributed by atoms with Gasteiger partial charge in [-0.25, -0.2) is 0 Å². The molecule has 0 bridgehead atoms. The van der Waals surface area contributed by atoms with Crippen LogP contribution in [-0.4, -0.2) is 0 Å². The van der Waals surface area contributed by atoms with Gasteiger partial charge in [0, 0.05) is 22.4 Å². The van der Waals surface area contributed by atoms with Gasteiger partial charge in [0.25, 0.3) is 0 Å². The lowest BCUT2D eigenvalue weighted by Gasteiger charge is -2.29. The highest BCUT2D eigenvalue weighted by atomic mass is 15.1. The van der Waals surface area contributed by atoms with E-state index >= 15 is 0 Å². The van der Waals surface area contributed by atoms with E-state index in [4.69, 9.17) is 0 Å². The first-order valence-electron chi connectivity index (χ1n) is 24.0. The van der Waals surface area contributed by atoms with Crippen LogP contribution < -0.4 is 4.90 Å².